The quantitative estimate of drug-likeness (QED) is 0.307. The Morgan fingerprint density at radius 3 is 2.23 bits per heavy atom. The Morgan fingerprint density at radius 1 is 0.833 bits per heavy atom. The summed E-state index contributed by atoms with van der Waals surface area (Å²) >= 11 is 0. The first-order valence-electron chi connectivity index (χ1n) is 12.1. The Bertz CT molecular complexity index is 829. The van der Waals surface area contributed by atoms with E-state index in [9.17, 15) is 4.39 Å². The topological polar surface area (TPSA) is 0 Å². The van der Waals surface area contributed by atoms with Crippen molar-refractivity contribution in [3.63, 3.8) is 0 Å². The van der Waals surface area contributed by atoms with Gasteiger partial charge in [0.25, 0.3) is 0 Å². The molecule has 0 nitrogen and oxygen atoms in total. The van der Waals surface area contributed by atoms with Crippen LogP contribution in [0.3, 0.4) is 0 Å². The summed E-state index contributed by atoms with van der Waals surface area (Å²) in [5, 5.41) is 0. The Kier molecular flexibility index (Phi) is 9.00. The highest BCUT2D eigenvalue weighted by Crippen LogP contribution is 2.35. The molecule has 1 fully saturated rings. The van der Waals surface area contributed by atoms with Crippen LogP contribution in [0.2, 0.25) is 0 Å². The number of hydrogen-bond donors (Lipinski definition) is 0. The van der Waals surface area contributed by atoms with Gasteiger partial charge in [0.15, 0.2) is 0 Å². The van der Waals surface area contributed by atoms with Crippen LogP contribution in [0.5, 0.6) is 0 Å². The van der Waals surface area contributed by atoms with E-state index in [2.05, 4.69) is 50.0 Å². The number of halogens is 1. The fourth-order valence-corrected chi connectivity index (χ4v) is 4.49. The minimum Gasteiger partial charge on any atom is -0.207 e. The lowest BCUT2D eigenvalue weighted by molar-refractivity contribution is 0.384. The third kappa shape index (κ3) is 6.73. The van der Waals surface area contributed by atoms with E-state index < -0.39 is 0 Å². The molecule has 0 atom stereocenters. The van der Waals surface area contributed by atoms with Crippen LogP contribution < -0.4 is 0 Å². The predicted octanol–water partition coefficient (Wildman–Crippen LogP) is 8.23. The molecule has 0 radical (unpaired) electrons. The number of hydrogen-bond acceptors (Lipinski definition) is 0. The van der Waals surface area contributed by atoms with Crippen LogP contribution in [0.1, 0.15) is 99.8 Å². The molecular weight excluding hydrogens is 367 g/mol. The zero-order valence-electron chi connectivity index (χ0n) is 18.9. The molecule has 0 heterocycles. The van der Waals surface area contributed by atoms with Crippen molar-refractivity contribution in [2.45, 2.75) is 90.4 Å². The van der Waals surface area contributed by atoms with E-state index >= 15 is 0 Å². The fraction of sp³-hybridized carbons (Fsp3) is 0.517. The number of benzene rings is 2. The minimum absolute atomic E-state index is 0.0999. The summed E-state index contributed by atoms with van der Waals surface area (Å²) in [7, 11) is 0. The smallest absolute Gasteiger partial charge is 0.127 e. The Hall–Kier alpha value is -2.07. The molecule has 160 valence electrons. The van der Waals surface area contributed by atoms with Gasteiger partial charge in [0.2, 0.25) is 0 Å². The van der Waals surface area contributed by atoms with Crippen LogP contribution in [0.15, 0.2) is 42.5 Å². The van der Waals surface area contributed by atoms with Crippen LogP contribution in [0, 0.1) is 23.6 Å². The van der Waals surface area contributed by atoms with Crippen LogP contribution in [0.4, 0.5) is 4.39 Å². The molecule has 3 rings (SSSR count). The standard InChI is InChI=1S/C29H37F/c1-3-5-7-8-23-12-17-26(18-13-23)27-19-14-24(15-20-27)10-11-25-16-21-28(9-6-4-2)29(30)22-25/h12-13,16-18,21-22,24,27H,3-9,14-15,19-20H2,1-2H3. The van der Waals surface area contributed by atoms with Crippen LogP contribution in [-0.4, -0.2) is 0 Å². The van der Waals surface area contributed by atoms with Gasteiger partial charge >= 0.3 is 0 Å². The van der Waals surface area contributed by atoms with Gasteiger partial charge in [-0.2, -0.15) is 0 Å². The second-order valence-corrected chi connectivity index (χ2v) is 8.93. The summed E-state index contributed by atoms with van der Waals surface area (Å²) in [4.78, 5) is 0. The minimum atomic E-state index is -0.0999. The van der Waals surface area contributed by atoms with Gasteiger partial charge in [0, 0.05) is 11.5 Å². The van der Waals surface area contributed by atoms with Crippen LogP contribution >= 0.6 is 0 Å². The van der Waals surface area contributed by atoms with Gasteiger partial charge < -0.3 is 0 Å². The Balaban J connectivity index is 1.50. The van der Waals surface area contributed by atoms with E-state index in [4.69, 9.17) is 0 Å². The highest BCUT2D eigenvalue weighted by atomic mass is 19.1. The lowest BCUT2D eigenvalue weighted by atomic mass is 9.78. The van der Waals surface area contributed by atoms with E-state index in [-0.39, 0.29) is 5.82 Å². The molecule has 1 aliphatic carbocycles. The highest BCUT2D eigenvalue weighted by Gasteiger charge is 2.21. The number of rotatable bonds is 8. The third-order valence-corrected chi connectivity index (χ3v) is 6.52. The molecular formula is C29H37F. The fourth-order valence-electron chi connectivity index (χ4n) is 4.49. The molecule has 0 bridgehead atoms. The van der Waals surface area contributed by atoms with Crippen molar-refractivity contribution in [1.82, 2.24) is 0 Å². The predicted molar refractivity (Wildman–Crippen MR) is 126 cm³/mol. The van der Waals surface area contributed by atoms with Gasteiger partial charge in [0.1, 0.15) is 5.82 Å². The average Bonchev–Trinajstić information content (AvgIpc) is 2.78. The Morgan fingerprint density at radius 2 is 1.57 bits per heavy atom. The zero-order chi connectivity index (χ0) is 21.2. The molecule has 1 saturated carbocycles. The molecule has 0 amide bonds. The first kappa shape index (κ1) is 22.6. The molecule has 1 heteroatoms. The molecule has 1 aliphatic rings. The van der Waals surface area contributed by atoms with Crippen molar-refractivity contribution in [1.29, 1.82) is 0 Å². The van der Waals surface area contributed by atoms with Crippen molar-refractivity contribution in [3.05, 3.63) is 70.5 Å². The number of aryl methyl sites for hydroxylation is 2. The van der Waals surface area contributed by atoms with Gasteiger partial charge in [-0.1, -0.05) is 75.3 Å². The first-order valence-corrected chi connectivity index (χ1v) is 12.1. The maximum atomic E-state index is 14.2. The molecule has 0 saturated heterocycles. The summed E-state index contributed by atoms with van der Waals surface area (Å²) in [6, 6.07) is 14.9. The molecule has 0 aromatic heterocycles. The van der Waals surface area contributed by atoms with Gasteiger partial charge in [-0.25, -0.2) is 4.39 Å². The molecule has 30 heavy (non-hydrogen) atoms. The van der Waals surface area contributed by atoms with Crippen molar-refractivity contribution in [2.24, 2.45) is 5.92 Å². The van der Waals surface area contributed by atoms with Gasteiger partial charge in [-0.15, -0.1) is 0 Å². The monoisotopic (exact) mass is 404 g/mol. The summed E-state index contributed by atoms with van der Waals surface area (Å²) in [6.45, 7) is 4.39. The summed E-state index contributed by atoms with van der Waals surface area (Å²) in [5.41, 5.74) is 4.60. The second kappa shape index (κ2) is 11.9. The van der Waals surface area contributed by atoms with Crippen molar-refractivity contribution in [2.75, 3.05) is 0 Å². The molecule has 2 aromatic rings. The second-order valence-electron chi connectivity index (χ2n) is 8.93. The number of unbranched alkanes of at least 4 members (excludes halogenated alkanes) is 3. The van der Waals surface area contributed by atoms with Crippen molar-refractivity contribution >= 4 is 0 Å². The van der Waals surface area contributed by atoms with Crippen molar-refractivity contribution in [3.8, 4) is 11.8 Å². The average molecular weight is 405 g/mol. The third-order valence-electron chi connectivity index (χ3n) is 6.52. The van der Waals surface area contributed by atoms with E-state index in [1.165, 1.54) is 49.7 Å². The molecule has 2 aromatic carbocycles. The van der Waals surface area contributed by atoms with E-state index in [0.717, 1.165) is 43.2 Å². The van der Waals surface area contributed by atoms with Gasteiger partial charge in [-0.05, 0) is 86.1 Å². The van der Waals surface area contributed by atoms with Crippen molar-refractivity contribution < 1.29 is 4.39 Å². The van der Waals surface area contributed by atoms with Gasteiger partial charge in [0.05, 0.1) is 0 Å². The molecule has 0 N–H and O–H groups in total. The summed E-state index contributed by atoms with van der Waals surface area (Å²) < 4.78 is 14.2. The maximum absolute atomic E-state index is 14.2. The largest absolute Gasteiger partial charge is 0.207 e. The van der Waals surface area contributed by atoms with Crippen LogP contribution in [0.25, 0.3) is 0 Å². The zero-order valence-corrected chi connectivity index (χ0v) is 18.9. The van der Waals surface area contributed by atoms with Gasteiger partial charge in [-0.3, -0.25) is 0 Å². The Labute approximate surface area is 183 Å². The summed E-state index contributed by atoms with van der Waals surface area (Å²) in [6.07, 6.45) is 12.8. The highest BCUT2D eigenvalue weighted by molar-refractivity contribution is 5.37. The van der Waals surface area contributed by atoms with E-state index in [1.54, 1.807) is 6.07 Å². The first-order chi connectivity index (χ1) is 14.7. The lowest BCUT2D eigenvalue weighted by Crippen LogP contribution is -2.12. The van der Waals surface area contributed by atoms with Crippen LogP contribution in [-0.2, 0) is 12.8 Å². The lowest BCUT2D eigenvalue weighted by Gasteiger charge is -2.26. The summed E-state index contributed by atoms with van der Waals surface area (Å²) in [5.74, 6) is 7.67. The molecule has 0 unspecified atom stereocenters. The SMILES string of the molecule is CCCCCc1ccc(C2CCC(C#Cc3ccc(CCCC)c(F)c3)CC2)cc1. The molecule has 0 aliphatic heterocycles. The normalized spacial score (nSPS) is 18.6. The van der Waals surface area contributed by atoms with E-state index in [1.807, 2.05) is 12.1 Å². The van der Waals surface area contributed by atoms with E-state index in [0.29, 0.717) is 11.8 Å². The molecule has 0 spiro atoms. The maximum Gasteiger partial charge on any atom is 0.127 e.